The van der Waals surface area contributed by atoms with Crippen molar-refractivity contribution in [3.05, 3.63) is 63.6 Å². The monoisotopic (exact) mass is 330 g/mol. The number of halogens is 2. The molecule has 1 heterocycles. The van der Waals surface area contributed by atoms with Crippen molar-refractivity contribution in [3.63, 3.8) is 0 Å². The fraction of sp³-hybridized carbons (Fsp3) is 0.250. The van der Waals surface area contributed by atoms with Crippen molar-refractivity contribution in [1.82, 2.24) is 0 Å². The quantitative estimate of drug-likeness (QED) is 0.622. The average Bonchev–Trinajstić information content (AvgIpc) is 2.98. The van der Waals surface area contributed by atoms with Gasteiger partial charge in [-0.1, -0.05) is 29.3 Å². The van der Waals surface area contributed by atoms with E-state index >= 15 is 0 Å². The molecule has 0 spiro atoms. The van der Waals surface area contributed by atoms with Crippen LogP contribution in [0.2, 0.25) is 10.0 Å². The van der Waals surface area contributed by atoms with E-state index < -0.39 is 5.79 Å². The molecule has 0 N–H and O–H groups in total. The summed E-state index contributed by atoms with van der Waals surface area (Å²) in [4.78, 5) is 0. The van der Waals surface area contributed by atoms with Crippen LogP contribution in [-0.2, 0) is 15.3 Å². The summed E-state index contributed by atoms with van der Waals surface area (Å²) in [6.45, 7) is 1.01. The normalized spacial score (nSPS) is 16.1. The van der Waals surface area contributed by atoms with E-state index in [9.17, 15) is 0 Å². The number of benzene rings is 2. The fourth-order valence-corrected chi connectivity index (χ4v) is 2.76. The van der Waals surface area contributed by atoms with Crippen LogP contribution >= 0.6 is 23.2 Å². The molecule has 0 radical (unpaired) electrons. The number of hydrogen-bond donors (Lipinski definition) is 0. The topological polar surface area (TPSA) is 27.7 Å². The van der Waals surface area contributed by atoms with Crippen LogP contribution in [0, 0.1) is 6.07 Å². The van der Waals surface area contributed by atoms with Gasteiger partial charge in [-0.2, -0.15) is 17.7 Å². The van der Waals surface area contributed by atoms with Crippen LogP contribution in [0.15, 0.2) is 36.4 Å². The molecular weight excluding hydrogens is 318 g/mol. The maximum atomic E-state index is 6.19. The van der Waals surface area contributed by atoms with Gasteiger partial charge in [-0.15, -0.1) is 12.1 Å². The van der Waals surface area contributed by atoms with E-state index in [1.165, 1.54) is 0 Å². The summed E-state index contributed by atoms with van der Waals surface area (Å²) in [5.74, 6) is -0.485. The van der Waals surface area contributed by atoms with E-state index in [-0.39, 0.29) is 18.9 Å². The Morgan fingerprint density at radius 2 is 1.73 bits per heavy atom. The molecule has 110 valence electrons. The van der Waals surface area contributed by atoms with Crippen molar-refractivity contribution in [1.29, 1.82) is 0 Å². The molecule has 3 rings (SSSR count). The maximum absolute atomic E-state index is 6.19. The molecule has 0 aromatic heterocycles. The molecule has 0 saturated carbocycles. The SMILES string of the molecule is COc1[c-]cc(C2(c3ccc(Cl)cc3)OCCO2)cc1Cl.[Li+]. The van der Waals surface area contributed by atoms with Crippen molar-refractivity contribution in [2.45, 2.75) is 5.79 Å². The first-order chi connectivity index (χ1) is 10.2. The van der Waals surface area contributed by atoms with Crippen molar-refractivity contribution in [2.24, 2.45) is 0 Å². The summed E-state index contributed by atoms with van der Waals surface area (Å²) in [6, 6.07) is 13.9. The first-order valence-corrected chi connectivity index (χ1v) is 7.21. The molecule has 6 heteroatoms. The van der Waals surface area contributed by atoms with Crippen LogP contribution in [0.25, 0.3) is 0 Å². The third-order valence-corrected chi connectivity index (χ3v) is 3.89. The molecule has 0 aliphatic carbocycles. The van der Waals surface area contributed by atoms with Gasteiger partial charge in [-0.25, -0.2) is 0 Å². The Hall–Kier alpha value is -0.663. The van der Waals surface area contributed by atoms with E-state index in [4.69, 9.17) is 37.4 Å². The summed E-state index contributed by atoms with van der Waals surface area (Å²) in [5, 5.41) is 1.12. The van der Waals surface area contributed by atoms with E-state index in [1.54, 1.807) is 31.4 Å². The molecule has 2 aromatic carbocycles. The first-order valence-electron chi connectivity index (χ1n) is 6.45. The average molecular weight is 331 g/mol. The van der Waals surface area contributed by atoms with Gasteiger partial charge in [0.2, 0.25) is 0 Å². The second-order valence-electron chi connectivity index (χ2n) is 4.59. The van der Waals surface area contributed by atoms with Crippen LogP contribution in [0.4, 0.5) is 0 Å². The Morgan fingerprint density at radius 1 is 1.09 bits per heavy atom. The second kappa shape index (κ2) is 7.27. The Kier molecular flexibility index (Phi) is 5.85. The first kappa shape index (κ1) is 17.7. The van der Waals surface area contributed by atoms with Gasteiger partial charge >= 0.3 is 18.9 Å². The molecule has 2 aromatic rings. The Morgan fingerprint density at radius 3 is 2.27 bits per heavy atom. The number of ether oxygens (including phenoxy) is 3. The van der Waals surface area contributed by atoms with Crippen molar-refractivity contribution in [2.75, 3.05) is 20.3 Å². The summed E-state index contributed by atoms with van der Waals surface area (Å²) in [6.07, 6.45) is 0. The van der Waals surface area contributed by atoms with Crippen molar-refractivity contribution in [3.8, 4) is 5.75 Å². The zero-order chi connectivity index (χ0) is 14.9. The summed E-state index contributed by atoms with van der Waals surface area (Å²) in [5.41, 5.74) is 1.63. The zero-order valence-electron chi connectivity index (χ0n) is 12.4. The minimum absolute atomic E-state index is 0. The fourth-order valence-electron chi connectivity index (χ4n) is 2.38. The van der Waals surface area contributed by atoms with E-state index in [0.29, 0.717) is 29.0 Å². The molecule has 3 nitrogen and oxygen atoms in total. The molecule has 1 aliphatic heterocycles. The third kappa shape index (κ3) is 3.16. The van der Waals surface area contributed by atoms with Crippen LogP contribution in [-0.4, -0.2) is 20.3 Å². The third-order valence-electron chi connectivity index (χ3n) is 3.36. The Labute approximate surface area is 151 Å². The van der Waals surface area contributed by atoms with Gasteiger partial charge in [0.05, 0.1) is 20.3 Å². The number of hydrogen-bond acceptors (Lipinski definition) is 3. The van der Waals surface area contributed by atoms with E-state index in [2.05, 4.69) is 6.07 Å². The van der Waals surface area contributed by atoms with Gasteiger partial charge in [-0.05, 0) is 17.2 Å². The van der Waals surface area contributed by atoms with Gasteiger partial charge in [0.1, 0.15) is 0 Å². The molecular formula is C16H13Cl2LiO3. The molecule has 0 bridgehead atoms. The van der Waals surface area contributed by atoms with Crippen LogP contribution in [0.5, 0.6) is 5.75 Å². The van der Waals surface area contributed by atoms with Crippen LogP contribution in [0.1, 0.15) is 11.1 Å². The number of methoxy groups -OCH3 is 1. The predicted octanol–water partition coefficient (Wildman–Crippen LogP) is 1.05. The van der Waals surface area contributed by atoms with E-state index in [0.717, 1.165) is 11.1 Å². The zero-order valence-corrected chi connectivity index (χ0v) is 13.9. The minimum atomic E-state index is -0.975. The van der Waals surface area contributed by atoms with Crippen LogP contribution in [0.3, 0.4) is 0 Å². The van der Waals surface area contributed by atoms with Crippen molar-refractivity contribution < 1.29 is 33.1 Å². The van der Waals surface area contributed by atoms with Gasteiger partial charge in [0.25, 0.3) is 0 Å². The molecule has 0 unspecified atom stereocenters. The van der Waals surface area contributed by atoms with Gasteiger partial charge in [0, 0.05) is 16.3 Å². The predicted molar refractivity (Wildman–Crippen MR) is 81.0 cm³/mol. The molecule has 1 fully saturated rings. The smallest absolute Gasteiger partial charge is 0.521 e. The molecule has 1 saturated heterocycles. The largest absolute Gasteiger partial charge is 1.00 e. The molecule has 1 aliphatic rings. The summed E-state index contributed by atoms with van der Waals surface area (Å²) in [7, 11) is 1.55. The van der Waals surface area contributed by atoms with Gasteiger partial charge in [-0.3, -0.25) is 0 Å². The molecule has 0 atom stereocenters. The molecule has 0 amide bonds. The maximum Gasteiger partial charge on any atom is 1.00 e. The molecule has 22 heavy (non-hydrogen) atoms. The summed E-state index contributed by atoms with van der Waals surface area (Å²) < 4.78 is 16.9. The second-order valence-corrected chi connectivity index (χ2v) is 5.43. The summed E-state index contributed by atoms with van der Waals surface area (Å²) >= 11 is 12.1. The minimum Gasteiger partial charge on any atom is -0.521 e. The van der Waals surface area contributed by atoms with Crippen LogP contribution < -0.4 is 23.6 Å². The Bertz CT molecular complexity index is 640. The van der Waals surface area contributed by atoms with Crippen molar-refractivity contribution >= 4 is 23.2 Å². The van der Waals surface area contributed by atoms with E-state index in [1.807, 2.05) is 12.1 Å². The standard InChI is InChI=1S/C16H13Cl2O3.Li/c1-19-15-7-4-12(10-14(15)18)16(20-8-9-21-16)11-2-5-13(17)6-3-11;/h2-6,10H,8-9H2,1H3;/q-1;+1. The van der Waals surface area contributed by atoms with Gasteiger partial charge < -0.3 is 14.2 Å². The number of rotatable bonds is 3. The van der Waals surface area contributed by atoms with Gasteiger partial charge in [0.15, 0.2) is 5.79 Å². The Balaban J connectivity index is 0.00000176.